The summed E-state index contributed by atoms with van der Waals surface area (Å²) in [6.45, 7) is 8.66. The van der Waals surface area contributed by atoms with E-state index >= 15 is 0 Å². The van der Waals surface area contributed by atoms with Crippen molar-refractivity contribution in [1.29, 1.82) is 0 Å². The first-order valence-electron chi connectivity index (χ1n) is 5.81. The second-order valence-electron chi connectivity index (χ2n) is 3.30. The summed E-state index contributed by atoms with van der Waals surface area (Å²) in [5.41, 5.74) is 1.31. The molecule has 0 rings (SSSR count). The highest BCUT2D eigenvalue weighted by molar-refractivity contribution is 5.83. The van der Waals surface area contributed by atoms with Gasteiger partial charge in [0.25, 0.3) is 0 Å². The Labute approximate surface area is 97.6 Å². The van der Waals surface area contributed by atoms with Crippen LogP contribution in [0, 0.1) is 0 Å². The van der Waals surface area contributed by atoms with Crippen LogP contribution in [0.2, 0.25) is 0 Å². The zero-order valence-electron chi connectivity index (χ0n) is 10.9. The van der Waals surface area contributed by atoms with E-state index in [-0.39, 0.29) is 7.43 Å². The van der Waals surface area contributed by atoms with Gasteiger partial charge in [0.1, 0.15) is 0 Å². The quantitative estimate of drug-likeness (QED) is 0.692. The molecular weight excluding hydrogens is 184 g/mol. The van der Waals surface area contributed by atoms with Crippen LogP contribution in [0.1, 0.15) is 60.8 Å². The lowest BCUT2D eigenvalue weighted by atomic mass is 10.2. The van der Waals surface area contributed by atoms with E-state index < -0.39 is 0 Å². The normalized spacial score (nSPS) is 8.73. The predicted octanol–water partition coefficient (Wildman–Crippen LogP) is 3.91. The van der Waals surface area contributed by atoms with Crippen molar-refractivity contribution >= 4 is 5.71 Å². The minimum atomic E-state index is 0. The molecule has 0 aliphatic heterocycles. The number of aliphatic imine (C=N–C) groups is 1. The first-order chi connectivity index (χ1) is 6.69. The minimum Gasteiger partial charge on any atom is -0.317 e. The monoisotopic (exact) mass is 216 g/mol. The minimum absolute atomic E-state index is 0. The highest BCUT2D eigenvalue weighted by atomic mass is 14.9. The Hall–Kier alpha value is -0.370. The van der Waals surface area contributed by atoms with Gasteiger partial charge in [0.15, 0.2) is 0 Å². The molecule has 0 heterocycles. The Kier molecular flexibility index (Phi) is 21.5. The van der Waals surface area contributed by atoms with Crippen molar-refractivity contribution in [2.24, 2.45) is 4.99 Å². The molecule has 0 atom stereocenters. The smallest absolute Gasteiger partial charge is 0.0276 e. The van der Waals surface area contributed by atoms with Crippen LogP contribution in [0.15, 0.2) is 4.99 Å². The van der Waals surface area contributed by atoms with Crippen LogP contribution in [0.3, 0.4) is 0 Å². The van der Waals surface area contributed by atoms with Crippen molar-refractivity contribution in [2.45, 2.75) is 66.8 Å². The third-order valence-corrected chi connectivity index (χ3v) is 2.53. The van der Waals surface area contributed by atoms with Crippen molar-refractivity contribution in [3.05, 3.63) is 0 Å². The third-order valence-electron chi connectivity index (χ3n) is 2.53. The molecule has 1 N–H and O–H groups in total. The van der Waals surface area contributed by atoms with Crippen LogP contribution in [-0.4, -0.2) is 25.8 Å². The molecule has 0 fully saturated rings. The lowest BCUT2D eigenvalue weighted by Crippen LogP contribution is -2.22. The average molecular weight is 216 g/mol. The van der Waals surface area contributed by atoms with Crippen LogP contribution in [0.4, 0.5) is 0 Å². The van der Waals surface area contributed by atoms with Crippen molar-refractivity contribution in [1.82, 2.24) is 5.32 Å². The van der Waals surface area contributed by atoms with Crippen LogP contribution >= 0.6 is 0 Å². The largest absolute Gasteiger partial charge is 0.317 e. The molecule has 2 heteroatoms. The van der Waals surface area contributed by atoms with E-state index in [4.69, 9.17) is 0 Å². The van der Waals surface area contributed by atoms with Gasteiger partial charge in [-0.1, -0.05) is 35.1 Å². The van der Waals surface area contributed by atoms with Gasteiger partial charge < -0.3 is 5.32 Å². The molecule has 0 amide bonds. The molecule has 0 aromatic rings. The van der Waals surface area contributed by atoms with Gasteiger partial charge in [0, 0.05) is 18.8 Å². The summed E-state index contributed by atoms with van der Waals surface area (Å²) in [4.78, 5) is 4.04. The summed E-state index contributed by atoms with van der Waals surface area (Å²) in [6, 6.07) is 0.736. The molecule has 0 aliphatic rings. The number of nitrogens with one attached hydrogen (secondary N) is 1. The van der Waals surface area contributed by atoms with Gasteiger partial charge in [-0.25, -0.2) is 0 Å². The second-order valence-corrected chi connectivity index (χ2v) is 3.30. The van der Waals surface area contributed by atoms with E-state index in [9.17, 15) is 0 Å². The molecule has 0 aromatic carbocycles. The SMILES string of the molecule is C.CCC(CC)=NC.CCC(CC)NC. The summed E-state index contributed by atoms with van der Waals surface area (Å²) in [6.07, 6.45) is 4.69. The maximum atomic E-state index is 4.04. The second kappa shape index (κ2) is 16.1. The van der Waals surface area contributed by atoms with Gasteiger partial charge in [0.2, 0.25) is 0 Å². The summed E-state index contributed by atoms with van der Waals surface area (Å²) in [5, 5.41) is 3.20. The summed E-state index contributed by atoms with van der Waals surface area (Å²) < 4.78 is 0. The Bertz CT molecular complexity index is 115. The van der Waals surface area contributed by atoms with Crippen molar-refractivity contribution in [3.63, 3.8) is 0 Å². The molecule has 0 unspecified atom stereocenters. The maximum Gasteiger partial charge on any atom is 0.0276 e. The average Bonchev–Trinajstić information content (AvgIpc) is 2.24. The van der Waals surface area contributed by atoms with E-state index in [0.29, 0.717) is 0 Å². The molecule has 0 bridgehead atoms. The van der Waals surface area contributed by atoms with Crippen LogP contribution in [0.5, 0.6) is 0 Å². The molecule has 0 spiro atoms. The standard InChI is InChI=1S/C6H15N.C6H13N.CH4/c2*1-4-6(5-2)7-3;/h6-7H,4-5H2,1-3H3;4-5H2,1-3H3;1H4. The lowest BCUT2D eigenvalue weighted by molar-refractivity contribution is 0.531. The fraction of sp³-hybridized carbons (Fsp3) is 0.923. The highest BCUT2D eigenvalue weighted by Gasteiger charge is 1.94. The van der Waals surface area contributed by atoms with E-state index in [1.807, 2.05) is 14.1 Å². The number of hydrogen-bond acceptors (Lipinski definition) is 2. The molecule has 94 valence electrons. The molecule has 0 radical (unpaired) electrons. The fourth-order valence-electron chi connectivity index (χ4n) is 1.26. The summed E-state index contributed by atoms with van der Waals surface area (Å²) >= 11 is 0. The predicted molar refractivity (Wildman–Crippen MR) is 74.1 cm³/mol. The van der Waals surface area contributed by atoms with Gasteiger partial charge in [-0.3, -0.25) is 4.99 Å². The van der Waals surface area contributed by atoms with Crippen molar-refractivity contribution in [3.8, 4) is 0 Å². The van der Waals surface area contributed by atoms with Crippen LogP contribution in [0.25, 0.3) is 0 Å². The Balaban J connectivity index is -0.000000180. The van der Waals surface area contributed by atoms with E-state index in [1.165, 1.54) is 18.6 Å². The molecule has 15 heavy (non-hydrogen) atoms. The molecule has 0 saturated heterocycles. The number of nitrogens with zero attached hydrogens (tertiary/aromatic N) is 1. The van der Waals surface area contributed by atoms with Crippen molar-refractivity contribution < 1.29 is 0 Å². The van der Waals surface area contributed by atoms with E-state index in [2.05, 4.69) is 38.0 Å². The van der Waals surface area contributed by atoms with Crippen LogP contribution in [-0.2, 0) is 0 Å². The fourth-order valence-corrected chi connectivity index (χ4v) is 1.26. The zero-order chi connectivity index (χ0) is 11.4. The number of rotatable bonds is 5. The highest BCUT2D eigenvalue weighted by Crippen LogP contribution is 1.92. The lowest BCUT2D eigenvalue weighted by Gasteiger charge is -2.08. The van der Waals surface area contributed by atoms with Gasteiger partial charge in [0.05, 0.1) is 0 Å². The Morgan fingerprint density at radius 3 is 1.47 bits per heavy atom. The summed E-state index contributed by atoms with van der Waals surface area (Å²) in [7, 11) is 3.86. The van der Waals surface area contributed by atoms with Gasteiger partial charge in [-0.05, 0) is 32.7 Å². The van der Waals surface area contributed by atoms with Crippen molar-refractivity contribution in [2.75, 3.05) is 14.1 Å². The third kappa shape index (κ3) is 13.6. The first kappa shape index (κ1) is 20.1. The topological polar surface area (TPSA) is 24.4 Å². The summed E-state index contributed by atoms with van der Waals surface area (Å²) in [5.74, 6) is 0. The number of hydrogen-bond donors (Lipinski definition) is 1. The molecule has 0 aliphatic carbocycles. The molecule has 0 aromatic heterocycles. The molecule has 2 nitrogen and oxygen atoms in total. The maximum absolute atomic E-state index is 4.04. The molecule has 0 saturated carbocycles. The molecular formula is C13H32N2. The van der Waals surface area contributed by atoms with Gasteiger partial charge in [-0.15, -0.1) is 0 Å². The Morgan fingerprint density at radius 2 is 1.47 bits per heavy atom. The van der Waals surface area contributed by atoms with E-state index in [0.717, 1.165) is 18.9 Å². The Morgan fingerprint density at radius 1 is 1.07 bits per heavy atom. The van der Waals surface area contributed by atoms with Gasteiger partial charge >= 0.3 is 0 Å². The van der Waals surface area contributed by atoms with Gasteiger partial charge in [-0.2, -0.15) is 0 Å². The van der Waals surface area contributed by atoms with Crippen LogP contribution < -0.4 is 5.32 Å². The van der Waals surface area contributed by atoms with E-state index in [1.54, 1.807) is 0 Å². The first-order valence-corrected chi connectivity index (χ1v) is 5.81. The zero-order valence-corrected chi connectivity index (χ0v) is 10.9.